The van der Waals surface area contributed by atoms with Crippen molar-refractivity contribution in [1.82, 2.24) is 5.32 Å². The standard InChI is InChI=1S/C12H18N2O3S/c1-9(18(2,16)17)12(15)14-8-11(13)10-6-4-3-5-7-10/h3-7,9,11H,8,13H2,1-2H3,(H,14,15). The van der Waals surface area contributed by atoms with Crippen LogP contribution in [-0.4, -0.2) is 32.4 Å². The molecule has 1 aromatic carbocycles. The fraction of sp³-hybridized carbons (Fsp3) is 0.417. The topological polar surface area (TPSA) is 89.3 Å². The van der Waals surface area contributed by atoms with Crippen LogP contribution in [0.3, 0.4) is 0 Å². The van der Waals surface area contributed by atoms with Gasteiger partial charge in [0.15, 0.2) is 9.84 Å². The number of amides is 1. The fourth-order valence-corrected chi connectivity index (χ4v) is 1.84. The van der Waals surface area contributed by atoms with E-state index in [0.717, 1.165) is 11.8 Å². The molecule has 18 heavy (non-hydrogen) atoms. The van der Waals surface area contributed by atoms with E-state index in [1.54, 1.807) is 0 Å². The summed E-state index contributed by atoms with van der Waals surface area (Å²) < 4.78 is 22.4. The van der Waals surface area contributed by atoms with Crippen molar-refractivity contribution < 1.29 is 13.2 Å². The van der Waals surface area contributed by atoms with Crippen LogP contribution in [-0.2, 0) is 14.6 Å². The number of nitrogens with two attached hydrogens (primary N) is 1. The third kappa shape index (κ3) is 4.12. The summed E-state index contributed by atoms with van der Waals surface area (Å²) in [7, 11) is -3.37. The molecule has 0 aliphatic carbocycles. The van der Waals surface area contributed by atoms with E-state index in [1.165, 1.54) is 6.92 Å². The molecule has 0 radical (unpaired) electrons. The molecule has 0 aromatic heterocycles. The van der Waals surface area contributed by atoms with Gasteiger partial charge in [0.2, 0.25) is 5.91 Å². The molecule has 0 aliphatic rings. The molecular weight excluding hydrogens is 252 g/mol. The quantitative estimate of drug-likeness (QED) is 0.802. The van der Waals surface area contributed by atoms with Gasteiger partial charge in [-0.3, -0.25) is 4.79 Å². The number of hydrogen-bond acceptors (Lipinski definition) is 4. The predicted molar refractivity (Wildman–Crippen MR) is 70.7 cm³/mol. The van der Waals surface area contributed by atoms with Crippen LogP contribution < -0.4 is 11.1 Å². The molecule has 0 spiro atoms. The Bertz CT molecular complexity index is 499. The Hall–Kier alpha value is -1.40. The molecule has 5 nitrogen and oxygen atoms in total. The van der Waals surface area contributed by atoms with Crippen LogP contribution >= 0.6 is 0 Å². The lowest BCUT2D eigenvalue weighted by atomic mass is 10.1. The molecule has 6 heteroatoms. The Morgan fingerprint density at radius 2 is 1.89 bits per heavy atom. The van der Waals surface area contributed by atoms with Crippen molar-refractivity contribution in [3.63, 3.8) is 0 Å². The van der Waals surface area contributed by atoms with E-state index >= 15 is 0 Å². The van der Waals surface area contributed by atoms with E-state index in [1.807, 2.05) is 30.3 Å². The summed E-state index contributed by atoms with van der Waals surface area (Å²) in [4.78, 5) is 11.6. The minimum absolute atomic E-state index is 0.211. The Morgan fingerprint density at radius 1 is 1.33 bits per heavy atom. The van der Waals surface area contributed by atoms with E-state index in [0.29, 0.717) is 0 Å². The van der Waals surface area contributed by atoms with Gasteiger partial charge in [0.1, 0.15) is 5.25 Å². The van der Waals surface area contributed by atoms with Gasteiger partial charge in [-0.25, -0.2) is 8.42 Å². The molecule has 1 aromatic rings. The molecule has 0 saturated heterocycles. The molecular formula is C12H18N2O3S. The number of benzene rings is 1. The lowest BCUT2D eigenvalue weighted by Gasteiger charge is -2.15. The molecule has 0 bridgehead atoms. The Kier molecular flexibility index (Phi) is 4.86. The van der Waals surface area contributed by atoms with E-state index in [2.05, 4.69) is 5.32 Å². The van der Waals surface area contributed by atoms with Gasteiger partial charge in [-0.2, -0.15) is 0 Å². The maximum atomic E-state index is 11.6. The van der Waals surface area contributed by atoms with Crippen molar-refractivity contribution in [3.05, 3.63) is 35.9 Å². The van der Waals surface area contributed by atoms with E-state index in [-0.39, 0.29) is 12.6 Å². The largest absolute Gasteiger partial charge is 0.353 e. The van der Waals surface area contributed by atoms with Crippen molar-refractivity contribution in [2.45, 2.75) is 18.2 Å². The normalized spacial score (nSPS) is 14.8. The summed E-state index contributed by atoms with van der Waals surface area (Å²) in [5, 5.41) is 1.49. The second-order valence-corrected chi connectivity index (χ2v) is 6.60. The zero-order chi connectivity index (χ0) is 13.8. The number of nitrogens with one attached hydrogen (secondary N) is 1. The molecule has 0 heterocycles. The highest BCUT2D eigenvalue weighted by Crippen LogP contribution is 2.08. The molecule has 0 aliphatic heterocycles. The molecule has 1 amide bonds. The maximum Gasteiger partial charge on any atom is 0.238 e. The van der Waals surface area contributed by atoms with Crippen LogP contribution in [0.15, 0.2) is 30.3 Å². The first-order valence-electron chi connectivity index (χ1n) is 5.59. The van der Waals surface area contributed by atoms with Crippen molar-refractivity contribution >= 4 is 15.7 Å². The molecule has 1 rings (SSSR count). The predicted octanol–water partition coefficient (Wildman–Crippen LogP) is 0.236. The number of carbonyl (C=O) groups is 1. The maximum absolute atomic E-state index is 11.6. The number of carbonyl (C=O) groups excluding carboxylic acids is 1. The van der Waals surface area contributed by atoms with E-state index in [4.69, 9.17) is 5.73 Å². The van der Waals surface area contributed by atoms with Crippen LogP contribution in [0.25, 0.3) is 0 Å². The average Bonchev–Trinajstić information content (AvgIpc) is 2.34. The summed E-state index contributed by atoms with van der Waals surface area (Å²) >= 11 is 0. The zero-order valence-electron chi connectivity index (χ0n) is 10.5. The third-order valence-corrected chi connectivity index (χ3v) is 4.23. The van der Waals surface area contributed by atoms with Crippen LogP contribution in [0.2, 0.25) is 0 Å². The van der Waals surface area contributed by atoms with Gasteiger partial charge in [-0.05, 0) is 12.5 Å². The number of sulfone groups is 1. The Labute approximate surface area is 107 Å². The van der Waals surface area contributed by atoms with Crippen LogP contribution in [0.4, 0.5) is 0 Å². The monoisotopic (exact) mass is 270 g/mol. The first kappa shape index (κ1) is 14.7. The Morgan fingerprint density at radius 3 is 2.39 bits per heavy atom. The zero-order valence-corrected chi connectivity index (χ0v) is 11.3. The number of hydrogen-bond donors (Lipinski definition) is 2. The van der Waals surface area contributed by atoms with Gasteiger partial charge >= 0.3 is 0 Å². The Balaban J connectivity index is 2.54. The van der Waals surface area contributed by atoms with Crippen LogP contribution in [0.5, 0.6) is 0 Å². The molecule has 0 saturated carbocycles. The van der Waals surface area contributed by atoms with Crippen LogP contribution in [0, 0.1) is 0 Å². The third-order valence-electron chi connectivity index (χ3n) is 2.74. The highest BCUT2D eigenvalue weighted by molar-refractivity contribution is 7.92. The molecule has 3 N–H and O–H groups in total. The van der Waals surface area contributed by atoms with Gasteiger partial charge in [0, 0.05) is 18.8 Å². The first-order valence-corrected chi connectivity index (χ1v) is 7.55. The van der Waals surface area contributed by atoms with Crippen molar-refractivity contribution in [1.29, 1.82) is 0 Å². The minimum atomic E-state index is -3.37. The lowest BCUT2D eigenvalue weighted by molar-refractivity contribution is -0.120. The first-order chi connectivity index (χ1) is 8.32. The van der Waals surface area contributed by atoms with Gasteiger partial charge in [-0.15, -0.1) is 0 Å². The number of rotatable bonds is 5. The second kappa shape index (κ2) is 5.97. The van der Waals surface area contributed by atoms with Gasteiger partial charge in [-0.1, -0.05) is 30.3 Å². The minimum Gasteiger partial charge on any atom is -0.353 e. The van der Waals surface area contributed by atoms with Crippen molar-refractivity contribution in [2.75, 3.05) is 12.8 Å². The summed E-state index contributed by atoms with van der Waals surface area (Å²) in [6.45, 7) is 1.57. The van der Waals surface area contributed by atoms with Gasteiger partial charge in [0.05, 0.1) is 0 Å². The fourth-order valence-electron chi connectivity index (χ4n) is 1.37. The summed E-state index contributed by atoms with van der Waals surface area (Å²) in [5.41, 5.74) is 6.78. The summed E-state index contributed by atoms with van der Waals surface area (Å²) in [5.74, 6) is -0.524. The second-order valence-electron chi connectivity index (χ2n) is 4.23. The lowest BCUT2D eigenvalue weighted by Crippen LogP contribution is -2.40. The highest BCUT2D eigenvalue weighted by atomic mass is 32.2. The molecule has 2 atom stereocenters. The molecule has 100 valence electrons. The SMILES string of the molecule is CC(C(=O)NCC(N)c1ccccc1)S(C)(=O)=O. The smallest absolute Gasteiger partial charge is 0.238 e. The molecule has 2 unspecified atom stereocenters. The van der Waals surface area contributed by atoms with E-state index < -0.39 is 21.0 Å². The van der Waals surface area contributed by atoms with Crippen LogP contribution in [0.1, 0.15) is 18.5 Å². The van der Waals surface area contributed by atoms with Gasteiger partial charge < -0.3 is 11.1 Å². The van der Waals surface area contributed by atoms with Crippen molar-refractivity contribution in [2.24, 2.45) is 5.73 Å². The highest BCUT2D eigenvalue weighted by Gasteiger charge is 2.23. The summed E-state index contributed by atoms with van der Waals surface area (Å²) in [6.07, 6.45) is 1.04. The van der Waals surface area contributed by atoms with Crippen molar-refractivity contribution in [3.8, 4) is 0 Å². The average molecular weight is 270 g/mol. The van der Waals surface area contributed by atoms with E-state index in [9.17, 15) is 13.2 Å². The summed E-state index contributed by atoms with van der Waals surface area (Å²) in [6, 6.07) is 8.96. The molecule has 0 fully saturated rings. The van der Waals surface area contributed by atoms with Gasteiger partial charge in [0.25, 0.3) is 0 Å².